The average molecular weight is 302 g/mol. The van der Waals surface area contributed by atoms with E-state index in [1.165, 1.54) is 0 Å². The highest BCUT2D eigenvalue weighted by atomic mass is 35.5. The fourth-order valence-electron chi connectivity index (χ4n) is 1.94. The van der Waals surface area contributed by atoms with Crippen LogP contribution < -0.4 is 0 Å². The van der Waals surface area contributed by atoms with E-state index < -0.39 is 6.10 Å². The first-order chi connectivity index (χ1) is 9.02. The molecule has 1 aromatic rings. The van der Waals surface area contributed by atoms with Crippen molar-refractivity contribution in [3.63, 3.8) is 0 Å². The smallest absolute Gasteiger partial charge is 0.251 e. The summed E-state index contributed by atoms with van der Waals surface area (Å²) in [6.07, 6.45) is 1.70. The van der Waals surface area contributed by atoms with Crippen LogP contribution in [0.3, 0.4) is 0 Å². The Morgan fingerprint density at radius 1 is 1.42 bits per heavy atom. The summed E-state index contributed by atoms with van der Waals surface area (Å²) in [6, 6.07) is 5.80. The van der Waals surface area contributed by atoms with E-state index in [-0.39, 0.29) is 5.91 Å². The predicted molar refractivity (Wildman–Crippen MR) is 76.5 cm³/mol. The Balaban J connectivity index is 2.12. The van der Waals surface area contributed by atoms with Crippen LogP contribution in [0.4, 0.5) is 0 Å². The number of halogens is 2. The molecule has 1 aliphatic carbocycles. The predicted octanol–water partition coefficient (Wildman–Crippen LogP) is 3.52. The van der Waals surface area contributed by atoms with E-state index in [0.717, 1.165) is 18.4 Å². The maximum Gasteiger partial charge on any atom is 0.251 e. The number of hydrogen-bond donors (Lipinski definition) is 0. The summed E-state index contributed by atoms with van der Waals surface area (Å²) < 4.78 is 5.11. The van der Waals surface area contributed by atoms with Gasteiger partial charge in [0.05, 0.1) is 10.0 Å². The zero-order valence-corrected chi connectivity index (χ0v) is 12.5. The Morgan fingerprint density at radius 3 is 2.63 bits per heavy atom. The van der Waals surface area contributed by atoms with Crippen LogP contribution in [0.15, 0.2) is 18.2 Å². The van der Waals surface area contributed by atoms with Crippen molar-refractivity contribution in [2.24, 2.45) is 0 Å². The molecule has 0 aliphatic heterocycles. The van der Waals surface area contributed by atoms with Crippen LogP contribution in [-0.2, 0) is 16.1 Å². The summed E-state index contributed by atoms with van der Waals surface area (Å²) in [7, 11) is 1.55. The van der Waals surface area contributed by atoms with Gasteiger partial charge in [-0.05, 0) is 37.5 Å². The second-order valence-corrected chi connectivity index (χ2v) is 5.64. The topological polar surface area (TPSA) is 29.5 Å². The van der Waals surface area contributed by atoms with Gasteiger partial charge < -0.3 is 9.64 Å². The quantitative estimate of drug-likeness (QED) is 0.833. The van der Waals surface area contributed by atoms with Crippen molar-refractivity contribution in [2.45, 2.75) is 38.5 Å². The van der Waals surface area contributed by atoms with E-state index in [1.54, 1.807) is 20.1 Å². The minimum atomic E-state index is -0.414. The number of hydrogen-bond acceptors (Lipinski definition) is 2. The lowest BCUT2D eigenvalue weighted by Crippen LogP contribution is -2.39. The van der Waals surface area contributed by atoms with Crippen molar-refractivity contribution < 1.29 is 9.53 Å². The molecular weight excluding hydrogens is 285 g/mol. The highest BCUT2D eigenvalue weighted by Crippen LogP contribution is 2.30. The third-order valence-electron chi connectivity index (χ3n) is 3.31. The molecule has 0 heterocycles. The van der Waals surface area contributed by atoms with Crippen molar-refractivity contribution in [1.29, 1.82) is 0 Å². The Kier molecular flexibility index (Phi) is 4.71. The first-order valence-electron chi connectivity index (χ1n) is 6.30. The number of benzene rings is 1. The lowest BCUT2D eigenvalue weighted by Gasteiger charge is -2.25. The molecule has 19 heavy (non-hydrogen) atoms. The van der Waals surface area contributed by atoms with Gasteiger partial charge in [-0.15, -0.1) is 0 Å². The molecule has 2 rings (SSSR count). The molecule has 1 amide bonds. The van der Waals surface area contributed by atoms with Gasteiger partial charge in [-0.25, -0.2) is 0 Å². The number of rotatable bonds is 5. The minimum absolute atomic E-state index is 0.0241. The normalized spacial score (nSPS) is 16.2. The molecule has 1 aromatic carbocycles. The number of carbonyl (C=O) groups is 1. The Morgan fingerprint density at radius 2 is 2.11 bits per heavy atom. The van der Waals surface area contributed by atoms with Gasteiger partial charge in [-0.3, -0.25) is 4.79 Å². The third-order valence-corrected chi connectivity index (χ3v) is 4.05. The maximum absolute atomic E-state index is 12.3. The van der Waals surface area contributed by atoms with E-state index in [2.05, 4.69) is 0 Å². The second kappa shape index (κ2) is 6.12. The average Bonchev–Trinajstić information content (AvgIpc) is 3.22. The largest absolute Gasteiger partial charge is 0.372 e. The van der Waals surface area contributed by atoms with Gasteiger partial charge in [0, 0.05) is 19.7 Å². The Labute approximate surface area is 123 Å². The summed E-state index contributed by atoms with van der Waals surface area (Å²) in [6.45, 7) is 2.32. The van der Waals surface area contributed by atoms with Crippen LogP contribution in [-0.4, -0.2) is 30.1 Å². The van der Waals surface area contributed by atoms with E-state index in [0.29, 0.717) is 22.6 Å². The van der Waals surface area contributed by atoms with Crippen LogP contribution >= 0.6 is 23.2 Å². The third kappa shape index (κ3) is 3.62. The standard InChI is InChI=1S/C14H17Cl2NO2/c1-9(19-2)14(18)17(11-4-5-11)8-10-3-6-12(15)13(16)7-10/h3,6-7,9,11H,4-5,8H2,1-2H3. The van der Waals surface area contributed by atoms with Gasteiger partial charge in [0.2, 0.25) is 0 Å². The SMILES string of the molecule is COC(C)C(=O)N(Cc1ccc(Cl)c(Cl)c1)C1CC1. The van der Waals surface area contributed by atoms with Crippen LogP contribution in [0.25, 0.3) is 0 Å². The Hall–Kier alpha value is -0.770. The zero-order chi connectivity index (χ0) is 14.0. The summed E-state index contributed by atoms with van der Waals surface area (Å²) >= 11 is 11.9. The fraction of sp³-hybridized carbons (Fsp3) is 0.500. The Bertz CT molecular complexity index is 475. The molecule has 0 radical (unpaired) electrons. The molecule has 1 aliphatic rings. The summed E-state index contributed by atoms with van der Waals surface area (Å²) in [4.78, 5) is 14.1. The highest BCUT2D eigenvalue weighted by molar-refractivity contribution is 6.42. The fourth-order valence-corrected chi connectivity index (χ4v) is 2.26. The van der Waals surface area contributed by atoms with Gasteiger partial charge in [0.1, 0.15) is 6.10 Å². The van der Waals surface area contributed by atoms with Crippen LogP contribution in [0, 0.1) is 0 Å². The molecule has 0 saturated heterocycles. The number of nitrogens with zero attached hydrogens (tertiary/aromatic N) is 1. The molecule has 0 aromatic heterocycles. The van der Waals surface area contributed by atoms with Crippen molar-refractivity contribution >= 4 is 29.1 Å². The number of ether oxygens (including phenoxy) is 1. The molecule has 5 heteroatoms. The van der Waals surface area contributed by atoms with Gasteiger partial charge in [-0.2, -0.15) is 0 Å². The first kappa shape index (κ1) is 14.6. The molecule has 0 bridgehead atoms. The minimum Gasteiger partial charge on any atom is -0.372 e. The highest BCUT2D eigenvalue weighted by Gasteiger charge is 2.34. The van der Waals surface area contributed by atoms with Crippen molar-refractivity contribution in [2.75, 3.05) is 7.11 Å². The molecule has 1 fully saturated rings. The summed E-state index contributed by atoms with van der Waals surface area (Å²) in [5.41, 5.74) is 0.984. The van der Waals surface area contributed by atoms with Crippen molar-refractivity contribution in [1.82, 2.24) is 4.90 Å². The maximum atomic E-state index is 12.3. The number of methoxy groups -OCH3 is 1. The van der Waals surface area contributed by atoms with E-state index in [9.17, 15) is 4.79 Å². The lowest BCUT2D eigenvalue weighted by atomic mass is 10.2. The van der Waals surface area contributed by atoms with Crippen LogP contribution in [0.1, 0.15) is 25.3 Å². The van der Waals surface area contributed by atoms with Gasteiger partial charge in [0.15, 0.2) is 0 Å². The first-order valence-corrected chi connectivity index (χ1v) is 7.05. The summed E-state index contributed by atoms with van der Waals surface area (Å²) in [5.74, 6) is 0.0241. The van der Waals surface area contributed by atoms with Crippen molar-refractivity contribution in [3.05, 3.63) is 33.8 Å². The molecule has 104 valence electrons. The molecule has 1 saturated carbocycles. The summed E-state index contributed by atoms with van der Waals surface area (Å²) in [5, 5.41) is 1.04. The van der Waals surface area contributed by atoms with Crippen LogP contribution in [0.2, 0.25) is 10.0 Å². The zero-order valence-electron chi connectivity index (χ0n) is 11.0. The molecule has 0 N–H and O–H groups in total. The molecule has 1 atom stereocenters. The molecule has 0 spiro atoms. The van der Waals surface area contributed by atoms with E-state index >= 15 is 0 Å². The number of carbonyl (C=O) groups excluding carboxylic acids is 1. The van der Waals surface area contributed by atoms with Gasteiger partial charge in [0.25, 0.3) is 5.91 Å². The second-order valence-electron chi connectivity index (χ2n) is 4.82. The molecule has 3 nitrogen and oxygen atoms in total. The molecule has 1 unspecified atom stereocenters. The number of amides is 1. The monoisotopic (exact) mass is 301 g/mol. The lowest BCUT2D eigenvalue weighted by molar-refractivity contribution is -0.142. The van der Waals surface area contributed by atoms with E-state index in [1.807, 2.05) is 17.0 Å². The van der Waals surface area contributed by atoms with E-state index in [4.69, 9.17) is 27.9 Å². The molecular formula is C14H17Cl2NO2. The van der Waals surface area contributed by atoms with Crippen LogP contribution in [0.5, 0.6) is 0 Å². The van der Waals surface area contributed by atoms with Gasteiger partial charge >= 0.3 is 0 Å². The van der Waals surface area contributed by atoms with Gasteiger partial charge in [-0.1, -0.05) is 29.3 Å². The van der Waals surface area contributed by atoms with Crippen molar-refractivity contribution in [3.8, 4) is 0 Å².